The van der Waals surface area contributed by atoms with Crippen molar-refractivity contribution in [2.24, 2.45) is 0 Å². The van der Waals surface area contributed by atoms with Crippen molar-refractivity contribution >= 4 is 0 Å². The molecule has 0 saturated heterocycles. The van der Waals surface area contributed by atoms with Crippen LogP contribution in [0.25, 0.3) is 0 Å². The minimum Gasteiger partial charge on any atom is -0.320 e. The lowest BCUT2D eigenvalue weighted by Crippen LogP contribution is -2.46. The predicted octanol–water partition coefficient (Wildman–Crippen LogP) is 3.62. The van der Waals surface area contributed by atoms with E-state index >= 15 is 0 Å². The van der Waals surface area contributed by atoms with Crippen LogP contribution < -0.4 is 0 Å². The number of hydrogen-bond donors (Lipinski definition) is 0. The molecule has 0 spiro atoms. The maximum absolute atomic E-state index is 2.36. The number of nitrogens with zero attached hydrogens (tertiary/aromatic N) is 1. The first-order chi connectivity index (χ1) is 7.18. The van der Waals surface area contributed by atoms with Crippen molar-refractivity contribution in [2.45, 2.75) is 33.2 Å². The zero-order valence-corrected chi connectivity index (χ0v) is 10.5. The number of hydrogen-bond acceptors (Lipinski definition) is 0. The largest absolute Gasteiger partial charge is 0.320 e. The third-order valence-corrected chi connectivity index (χ3v) is 3.77. The van der Waals surface area contributed by atoms with Gasteiger partial charge >= 0.3 is 0 Å². The Morgan fingerprint density at radius 3 is 1.93 bits per heavy atom. The van der Waals surface area contributed by atoms with Gasteiger partial charge in [0.1, 0.15) is 6.04 Å². The van der Waals surface area contributed by atoms with Gasteiger partial charge in [-0.15, -0.1) is 0 Å². The second-order valence-electron chi connectivity index (χ2n) is 4.45. The van der Waals surface area contributed by atoms with Crippen LogP contribution in [0.2, 0.25) is 0 Å². The molecule has 1 nitrogen and oxygen atoms in total. The molecule has 1 heteroatoms. The van der Waals surface area contributed by atoms with Gasteiger partial charge in [0.2, 0.25) is 0 Å². The van der Waals surface area contributed by atoms with Gasteiger partial charge in [0, 0.05) is 12.0 Å². The molecule has 1 unspecified atom stereocenters. The number of benzene rings is 1. The third kappa shape index (κ3) is 2.60. The molecule has 1 atom stereocenters. The van der Waals surface area contributed by atoms with E-state index in [1.807, 2.05) is 0 Å². The van der Waals surface area contributed by atoms with Gasteiger partial charge in [-0.2, -0.15) is 0 Å². The Balaban J connectivity index is 2.98. The van der Waals surface area contributed by atoms with Gasteiger partial charge in [-0.1, -0.05) is 37.3 Å². The van der Waals surface area contributed by atoms with Gasteiger partial charge in [0.15, 0.2) is 0 Å². The molecule has 0 amide bonds. The topological polar surface area (TPSA) is 0 Å². The molecule has 0 radical (unpaired) electrons. The van der Waals surface area contributed by atoms with Crippen molar-refractivity contribution in [3.8, 4) is 0 Å². The maximum atomic E-state index is 2.36. The van der Waals surface area contributed by atoms with Crippen LogP contribution in [0.15, 0.2) is 30.3 Å². The summed E-state index contributed by atoms with van der Waals surface area (Å²) in [5.41, 5.74) is 1.48. The van der Waals surface area contributed by atoms with Crippen molar-refractivity contribution in [1.82, 2.24) is 0 Å². The number of rotatable bonds is 5. The van der Waals surface area contributed by atoms with Crippen molar-refractivity contribution < 1.29 is 4.48 Å². The summed E-state index contributed by atoms with van der Waals surface area (Å²) in [6, 6.07) is 11.5. The zero-order valence-electron chi connectivity index (χ0n) is 10.5. The molecule has 0 saturated carbocycles. The highest BCUT2D eigenvalue weighted by atomic mass is 15.3. The molecule has 1 aromatic carbocycles. The van der Waals surface area contributed by atoms with Crippen LogP contribution in [0.3, 0.4) is 0 Å². The second-order valence-corrected chi connectivity index (χ2v) is 4.45. The first kappa shape index (κ1) is 12.3. The Bertz CT molecular complexity index is 275. The van der Waals surface area contributed by atoms with Gasteiger partial charge in [-0.3, -0.25) is 0 Å². The molecule has 0 bridgehead atoms. The average molecular weight is 206 g/mol. The monoisotopic (exact) mass is 206 g/mol. The van der Waals surface area contributed by atoms with Crippen molar-refractivity contribution in [3.63, 3.8) is 0 Å². The van der Waals surface area contributed by atoms with Gasteiger partial charge in [0.25, 0.3) is 0 Å². The van der Waals surface area contributed by atoms with Gasteiger partial charge in [-0.25, -0.2) is 0 Å². The van der Waals surface area contributed by atoms with E-state index in [2.05, 4.69) is 58.2 Å². The van der Waals surface area contributed by atoms with E-state index in [-0.39, 0.29) is 0 Å². The van der Waals surface area contributed by atoms with Crippen LogP contribution in [0, 0.1) is 0 Å². The molecular formula is C14H24N+. The lowest BCUT2D eigenvalue weighted by atomic mass is 10.0. The van der Waals surface area contributed by atoms with Crippen molar-refractivity contribution in [2.75, 3.05) is 20.1 Å². The third-order valence-electron chi connectivity index (χ3n) is 3.77. The predicted molar refractivity (Wildman–Crippen MR) is 66.7 cm³/mol. The van der Waals surface area contributed by atoms with Gasteiger partial charge < -0.3 is 4.48 Å². The first-order valence-corrected chi connectivity index (χ1v) is 6.07. The molecular weight excluding hydrogens is 182 g/mol. The molecule has 0 fully saturated rings. The van der Waals surface area contributed by atoms with E-state index in [1.165, 1.54) is 25.1 Å². The van der Waals surface area contributed by atoms with E-state index in [0.29, 0.717) is 6.04 Å². The molecule has 0 aromatic heterocycles. The molecule has 0 heterocycles. The fourth-order valence-corrected chi connectivity index (χ4v) is 2.38. The summed E-state index contributed by atoms with van der Waals surface area (Å²) in [5.74, 6) is 0. The van der Waals surface area contributed by atoms with Crippen LogP contribution in [0.5, 0.6) is 0 Å². The van der Waals surface area contributed by atoms with Crippen LogP contribution in [0.1, 0.15) is 38.8 Å². The molecule has 84 valence electrons. The Morgan fingerprint density at radius 2 is 1.53 bits per heavy atom. The van der Waals surface area contributed by atoms with E-state index < -0.39 is 0 Å². The summed E-state index contributed by atoms with van der Waals surface area (Å²) < 4.78 is 1.14. The summed E-state index contributed by atoms with van der Waals surface area (Å²) in [7, 11) is 2.36. The summed E-state index contributed by atoms with van der Waals surface area (Å²) >= 11 is 0. The average Bonchev–Trinajstić information content (AvgIpc) is 2.31. The lowest BCUT2D eigenvalue weighted by Gasteiger charge is -2.40. The molecule has 0 aliphatic carbocycles. The van der Waals surface area contributed by atoms with E-state index in [1.54, 1.807) is 0 Å². The standard InChI is InChI=1S/C14H24N/c1-5-14(15(4,6-2)7-3)13-11-9-8-10-12-13/h8-12,14H,5-7H2,1-4H3/q+1. The Hall–Kier alpha value is -0.820. The smallest absolute Gasteiger partial charge is 0.114 e. The van der Waals surface area contributed by atoms with Gasteiger partial charge in [0.05, 0.1) is 20.1 Å². The fraction of sp³-hybridized carbons (Fsp3) is 0.571. The lowest BCUT2D eigenvalue weighted by molar-refractivity contribution is -0.936. The highest BCUT2D eigenvalue weighted by Crippen LogP contribution is 2.29. The molecule has 1 aromatic rings. The Labute approximate surface area is 94.3 Å². The van der Waals surface area contributed by atoms with Crippen molar-refractivity contribution in [1.29, 1.82) is 0 Å². The minimum atomic E-state index is 0.640. The van der Waals surface area contributed by atoms with Crippen LogP contribution >= 0.6 is 0 Å². The SMILES string of the molecule is CCC(c1ccccc1)[N+](C)(CC)CC. The Morgan fingerprint density at radius 1 is 1.00 bits per heavy atom. The molecule has 0 aliphatic heterocycles. The molecule has 0 N–H and O–H groups in total. The molecule has 15 heavy (non-hydrogen) atoms. The van der Waals surface area contributed by atoms with E-state index in [4.69, 9.17) is 0 Å². The molecule has 1 rings (SSSR count). The van der Waals surface area contributed by atoms with Crippen LogP contribution in [-0.4, -0.2) is 24.6 Å². The highest BCUT2D eigenvalue weighted by Gasteiger charge is 2.28. The Kier molecular flexibility index (Phi) is 4.34. The summed E-state index contributed by atoms with van der Waals surface area (Å²) in [4.78, 5) is 0. The van der Waals surface area contributed by atoms with Crippen LogP contribution in [-0.2, 0) is 0 Å². The zero-order chi connectivity index (χ0) is 11.3. The van der Waals surface area contributed by atoms with E-state index in [0.717, 1.165) is 4.48 Å². The minimum absolute atomic E-state index is 0.640. The van der Waals surface area contributed by atoms with Gasteiger partial charge in [-0.05, 0) is 13.8 Å². The molecule has 0 aliphatic rings. The summed E-state index contributed by atoms with van der Waals surface area (Å²) in [6.07, 6.45) is 1.21. The highest BCUT2D eigenvalue weighted by molar-refractivity contribution is 5.17. The normalized spacial score (nSPS) is 13.9. The van der Waals surface area contributed by atoms with Crippen LogP contribution in [0.4, 0.5) is 0 Å². The number of quaternary nitrogens is 1. The summed E-state index contributed by atoms with van der Waals surface area (Å²) in [6.45, 7) is 9.26. The quantitative estimate of drug-likeness (QED) is 0.645. The van der Waals surface area contributed by atoms with Crippen molar-refractivity contribution in [3.05, 3.63) is 35.9 Å². The second kappa shape index (κ2) is 5.32. The van der Waals surface area contributed by atoms with E-state index in [9.17, 15) is 0 Å². The maximum Gasteiger partial charge on any atom is 0.114 e. The fourth-order valence-electron chi connectivity index (χ4n) is 2.38. The first-order valence-electron chi connectivity index (χ1n) is 6.07. The summed E-state index contributed by atoms with van der Waals surface area (Å²) in [5, 5.41) is 0.